The van der Waals surface area contributed by atoms with Crippen LogP contribution < -0.4 is 4.90 Å². The van der Waals surface area contributed by atoms with Gasteiger partial charge in [0.1, 0.15) is 17.4 Å². The Bertz CT molecular complexity index is 1090. The van der Waals surface area contributed by atoms with Crippen LogP contribution >= 0.6 is 15.9 Å². The Morgan fingerprint density at radius 1 is 0.967 bits per heavy atom. The molecule has 154 valence electrons. The summed E-state index contributed by atoms with van der Waals surface area (Å²) in [6, 6.07) is 15.5. The second kappa shape index (κ2) is 7.38. The average Bonchev–Trinajstić information content (AvgIpc) is 3.52. The number of fused-ring (bicyclic) bond motifs is 1. The fraction of sp³-hybridized carbons (Fsp3) is 0.280. The van der Waals surface area contributed by atoms with Crippen molar-refractivity contribution in [1.29, 1.82) is 0 Å². The van der Waals surface area contributed by atoms with Crippen molar-refractivity contribution in [3.8, 4) is 5.75 Å². The number of hydrogen-bond donors (Lipinski definition) is 1. The van der Waals surface area contributed by atoms with Crippen LogP contribution in [0.4, 0.5) is 14.5 Å². The van der Waals surface area contributed by atoms with Gasteiger partial charge in [-0.3, -0.25) is 0 Å². The van der Waals surface area contributed by atoms with Crippen LogP contribution in [0.2, 0.25) is 0 Å². The van der Waals surface area contributed by atoms with E-state index in [4.69, 9.17) is 0 Å². The van der Waals surface area contributed by atoms with E-state index >= 15 is 8.78 Å². The summed E-state index contributed by atoms with van der Waals surface area (Å²) in [4.78, 5) is 2.10. The number of hydrogen-bond acceptors (Lipinski definition) is 2. The van der Waals surface area contributed by atoms with Gasteiger partial charge in [-0.25, -0.2) is 8.78 Å². The molecule has 5 heteroatoms. The lowest BCUT2D eigenvalue weighted by molar-refractivity contribution is 0.466. The Kier molecular flexibility index (Phi) is 4.81. The maximum atomic E-state index is 15.1. The third kappa shape index (κ3) is 3.39. The van der Waals surface area contributed by atoms with Crippen LogP contribution in [-0.4, -0.2) is 11.1 Å². The first-order valence-corrected chi connectivity index (χ1v) is 11.1. The molecule has 3 aromatic carbocycles. The van der Waals surface area contributed by atoms with E-state index in [0.717, 1.165) is 16.8 Å². The van der Waals surface area contributed by atoms with Crippen molar-refractivity contribution in [3.05, 3.63) is 93.0 Å². The zero-order valence-corrected chi connectivity index (χ0v) is 18.2. The number of anilines is 1. The highest BCUT2D eigenvalue weighted by atomic mass is 79.9. The van der Waals surface area contributed by atoms with Crippen molar-refractivity contribution < 1.29 is 13.9 Å². The molecule has 0 amide bonds. The Morgan fingerprint density at radius 2 is 1.63 bits per heavy atom. The van der Waals surface area contributed by atoms with Gasteiger partial charge in [0.2, 0.25) is 0 Å². The fourth-order valence-corrected chi connectivity index (χ4v) is 5.11. The van der Waals surface area contributed by atoms with Crippen molar-refractivity contribution in [2.45, 2.75) is 44.2 Å². The first-order chi connectivity index (χ1) is 14.4. The molecule has 0 saturated heterocycles. The molecule has 2 nitrogen and oxygen atoms in total. The highest BCUT2D eigenvalue weighted by Crippen LogP contribution is 2.45. The van der Waals surface area contributed by atoms with Crippen molar-refractivity contribution in [1.82, 2.24) is 0 Å². The van der Waals surface area contributed by atoms with Crippen molar-refractivity contribution in [3.63, 3.8) is 0 Å². The minimum Gasteiger partial charge on any atom is -0.508 e. The fourth-order valence-electron chi connectivity index (χ4n) is 4.70. The second-order valence-corrected chi connectivity index (χ2v) is 9.31. The SMILES string of the molecule is CC1Cc2cc(O)ccc2[C@H](c2c(F)cc(Br)cc2F)N1c1ccc(C2CC2)cc1. The number of nitrogens with zero attached hydrogens (tertiary/aromatic N) is 1. The zero-order chi connectivity index (χ0) is 21.0. The maximum Gasteiger partial charge on any atom is 0.132 e. The number of phenolic OH excluding ortho intramolecular Hbond substituents is 1. The molecular formula is C25H22BrF2NO. The minimum atomic E-state index is -0.621. The quantitative estimate of drug-likeness (QED) is 0.453. The summed E-state index contributed by atoms with van der Waals surface area (Å²) in [5.41, 5.74) is 4.03. The Balaban J connectivity index is 1.68. The van der Waals surface area contributed by atoms with E-state index in [2.05, 4.69) is 52.0 Å². The lowest BCUT2D eigenvalue weighted by Crippen LogP contribution is -2.43. The largest absolute Gasteiger partial charge is 0.508 e. The predicted octanol–water partition coefficient (Wildman–Crippen LogP) is 6.85. The number of benzene rings is 3. The van der Waals surface area contributed by atoms with Crippen molar-refractivity contribution >= 4 is 21.6 Å². The van der Waals surface area contributed by atoms with Gasteiger partial charge in [0, 0.05) is 16.2 Å². The molecule has 1 heterocycles. The van der Waals surface area contributed by atoms with Gasteiger partial charge in [0.05, 0.1) is 11.6 Å². The van der Waals surface area contributed by atoms with Gasteiger partial charge in [0.15, 0.2) is 0 Å². The van der Waals surface area contributed by atoms with Gasteiger partial charge in [-0.2, -0.15) is 0 Å². The van der Waals surface area contributed by atoms with Gasteiger partial charge in [0.25, 0.3) is 0 Å². The summed E-state index contributed by atoms with van der Waals surface area (Å²) in [6.07, 6.45) is 3.15. The van der Waals surface area contributed by atoms with E-state index < -0.39 is 17.7 Å². The molecule has 2 aliphatic rings. The number of aromatic hydroxyl groups is 1. The zero-order valence-electron chi connectivity index (χ0n) is 16.6. The van der Waals surface area contributed by atoms with Gasteiger partial charge < -0.3 is 10.0 Å². The molecule has 30 heavy (non-hydrogen) atoms. The smallest absolute Gasteiger partial charge is 0.132 e. The molecule has 0 radical (unpaired) electrons. The standard InChI is InChI=1S/C25H22BrF2NO/c1-14-10-17-11-20(30)8-9-21(17)25(24-22(27)12-18(26)13-23(24)28)29(14)19-6-4-16(5-7-19)15-2-3-15/h4-9,11-15,25,30H,2-3,10H2,1H3/t14?,25-/m1/s1. The minimum absolute atomic E-state index is 0.00137. The van der Waals surface area contributed by atoms with Crippen molar-refractivity contribution in [2.24, 2.45) is 0 Å². The first-order valence-electron chi connectivity index (χ1n) is 10.3. The first kappa shape index (κ1) is 19.6. The number of rotatable bonds is 3. The molecule has 1 aliphatic heterocycles. The Hall–Kier alpha value is -2.40. The highest BCUT2D eigenvalue weighted by molar-refractivity contribution is 9.10. The van der Waals surface area contributed by atoms with Crippen LogP contribution in [0.3, 0.4) is 0 Å². The summed E-state index contributed by atoms with van der Waals surface area (Å²) >= 11 is 3.19. The lowest BCUT2D eigenvalue weighted by Gasteiger charge is -2.44. The predicted molar refractivity (Wildman–Crippen MR) is 118 cm³/mol. The number of phenols is 1. The molecule has 5 rings (SSSR count). The van der Waals surface area contributed by atoms with E-state index in [1.807, 2.05) is 0 Å². The molecule has 1 fully saturated rings. The monoisotopic (exact) mass is 469 g/mol. The van der Waals surface area contributed by atoms with Gasteiger partial charge in [-0.05, 0) is 85.2 Å². The van der Waals surface area contributed by atoms with Crippen LogP contribution in [0.1, 0.15) is 54.0 Å². The molecule has 1 aliphatic carbocycles. The molecule has 0 bridgehead atoms. The summed E-state index contributed by atoms with van der Waals surface area (Å²) in [7, 11) is 0. The van der Waals surface area contributed by atoms with Crippen LogP contribution in [0.25, 0.3) is 0 Å². The third-order valence-corrected chi connectivity index (χ3v) is 6.70. The molecular weight excluding hydrogens is 448 g/mol. The second-order valence-electron chi connectivity index (χ2n) is 8.39. The summed E-state index contributed by atoms with van der Waals surface area (Å²) < 4.78 is 30.6. The van der Waals surface area contributed by atoms with Crippen LogP contribution in [0.15, 0.2) is 59.1 Å². The van der Waals surface area contributed by atoms with Crippen LogP contribution in [0, 0.1) is 11.6 Å². The highest BCUT2D eigenvalue weighted by Gasteiger charge is 2.37. The summed E-state index contributed by atoms with van der Waals surface area (Å²) in [6.45, 7) is 2.06. The lowest BCUT2D eigenvalue weighted by atomic mass is 9.84. The number of halogens is 3. The molecule has 1 saturated carbocycles. The van der Waals surface area contributed by atoms with E-state index in [0.29, 0.717) is 16.8 Å². The van der Waals surface area contributed by atoms with E-state index in [1.54, 1.807) is 18.2 Å². The van der Waals surface area contributed by atoms with Crippen molar-refractivity contribution in [2.75, 3.05) is 4.90 Å². The van der Waals surface area contributed by atoms with Crippen LogP contribution in [-0.2, 0) is 6.42 Å². The van der Waals surface area contributed by atoms with Gasteiger partial charge in [-0.1, -0.05) is 34.1 Å². The van der Waals surface area contributed by atoms with Gasteiger partial charge >= 0.3 is 0 Å². The molecule has 0 spiro atoms. The average molecular weight is 470 g/mol. The summed E-state index contributed by atoms with van der Waals surface area (Å²) in [5, 5.41) is 9.98. The molecule has 2 atom stereocenters. The molecule has 1 unspecified atom stereocenters. The normalized spacial score (nSPS) is 20.9. The molecule has 0 aromatic heterocycles. The van der Waals surface area contributed by atoms with Gasteiger partial charge in [-0.15, -0.1) is 0 Å². The van der Waals surface area contributed by atoms with E-state index in [9.17, 15) is 5.11 Å². The topological polar surface area (TPSA) is 23.5 Å². The van der Waals surface area contributed by atoms with E-state index in [1.165, 1.54) is 30.5 Å². The van der Waals surface area contributed by atoms with Crippen LogP contribution in [0.5, 0.6) is 5.75 Å². The third-order valence-electron chi connectivity index (χ3n) is 6.25. The Morgan fingerprint density at radius 3 is 2.27 bits per heavy atom. The molecule has 3 aromatic rings. The summed E-state index contributed by atoms with van der Waals surface area (Å²) in [5.74, 6) is -0.350. The maximum absolute atomic E-state index is 15.1. The van der Waals surface area contributed by atoms with E-state index in [-0.39, 0.29) is 17.4 Å². The molecule has 1 N–H and O–H groups in total. The Labute approximate surface area is 183 Å².